The second-order valence-corrected chi connectivity index (χ2v) is 7.04. The van der Waals surface area contributed by atoms with Crippen LogP contribution in [0.1, 0.15) is 39.7 Å². The smallest absolute Gasteiger partial charge is 0.412 e. The number of ether oxygens (including phenoxy) is 1. The number of nitrogens with zero attached hydrogens (tertiary/aromatic N) is 1. The Hall–Kier alpha value is -1.34. The highest BCUT2D eigenvalue weighted by Gasteiger charge is 2.31. The zero-order chi connectivity index (χ0) is 15.8. The highest BCUT2D eigenvalue weighted by Crippen LogP contribution is 2.32. The summed E-state index contributed by atoms with van der Waals surface area (Å²) in [6, 6.07) is 1.28. The Balaban J connectivity index is 2.24. The summed E-state index contributed by atoms with van der Waals surface area (Å²) in [5.74, 6) is 0. The minimum atomic E-state index is -0.682. The largest absolute Gasteiger partial charge is 0.444 e. The number of aliphatic hydroxyl groups is 1. The Morgan fingerprint density at radius 1 is 1.48 bits per heavy atom. The van der Waals surface area contributed by atoms with Gasteiger partial charge >= 0.3 is 6.09 Å². The fourth-order valence-electron chi connectivity index (χ4n) is 2.11. The van der Waals surface area contributed by atoms with Crippen LogP contribution in [0.2, 0.25) is 0 Å². The van der Waals surface area contributed by atoms with Gasteiger partial charge in [0.2, 0.25) is 0 Å². The van der Waals surface area contributed by atoms with E-state index in [-0.39, 0.29) is 17.3 Å². The maximum Gasteiger partial charge on any atom is 0.412 e. The van der Waals surface area contributed by atoms with Crippen LogP contribution in [0.5, 0.6) is 0 Å². The molecule has 2 rings (SSSR count). The predicted molar refractivity (Wildman–Crippen MR) is 82.5 cm³/mol. The van der Waals surface area contributed by atoms with E-state index in [0.29, 0.717) is 10.9 Å². The van der Waals surface area contributed by atoms with E-state index in [4.69, 9.17) is 4.74 Å². The van der Waals surface area contributed by atoms with E-state index in [0.717, 1.165) is 6.42 Å². The van der Waals surface area contributed by atoms with Crippen LogP contribution in [0.4, 0.5) is 10.5 Å². The van der Waals surface area contributed by atoms with Crippen LogP contribution in [0, 0.1) is 0 Å². The summed E-state index contributed by atoms with van der Waals surface area (Å²) in [6.07, 6.45) is 1.84. The monoisotopic (exact) mass is 358 g/mol. The molecule has 2 atom stereocenters. The number of aromatic nitrogens is 1. The number of aliphatic hydroxyl groups excluding tert-OH is 1. The molecule has 1 aromatic heterocycles. The maximum atomic E-state index is 12.4. The number of halogens is 1. The molecule has 0 spiro atoms. The van der Waals surface area contributed by atoms with Crippen molar-refractivity contribution in [1.29, 1.82) is 0 Å². The fourth-order valence-corrected chi connectivity index (χ4v) is 2.56. The van der Waals surface area contributed by atoms with Gasteiger partial charge in [-0.1, -0.05) is 0 Å². The van der Waals surface area contributed by atoms with E-state index < -0.39 is 17.8 Å². The van der Waals surface area contributed by atoms with Crippen molar-refractivity contribution in [3.8, 4) is 0 Å². The molecular weight excluding hydrogens is 340 g/mol. The number of carbonyl (C=O) groups is 1. The first kappa shape index (κ1) is 16.0. The Labute approximate surface area is 131 Å². The van der Waals surface area contributed by atoms with Gasteiger partial charge in [-0.05, 0) is 55.6 Å². The number of anilines is 1. The number of hydrogen-bond acceptors (Lipinski definition) is 4. The van der Waals surface area contributed by atoms with Gasteiger partial charge in [0.1, 0.15) is 11.3 Å². The second kappa shape index (κ2) is 5.81. The third kappa shape index (κ3) is 3.85. The lowest BCUT2D eigenvalue weighted by Gasteiger charge is -2.34. The molecule has 116 valence electrons. The average Bonchev–Trinajstić information content (AvgIpc) is 2.30. The lowest BCUT2D eigenvalue weighted by molar-refractivity contribution is 0.0299. The third-order valence-electron chi connectivity index (χ3n) is 3.20. The standard InChI is InChI=1S/C14H19BrN2O4/c1-14(2,3)21-13(20)16-9-6-8(15)7-17(12(9)19)10-4-5-11(10)18/h6-7,10-11,18H,4-5H2,1-3H3,(H,16,20)/t10?,11-/m0/s1. The van der Waals surface area contributed by atoms with Gasteiger partial charge < -0.3 is 14.4 Å². The first-order valence-electron chi connectivity index (χ1n) is 6.77. The summed E-state index contributed by atoms with van der Waals surface area (Å²) in [4.78, 5) is 24.1. The Morgan fingerprint density at radius 2 is 2.14 bits per heavy atom. The molecule has 1 fully saturated rings. The summed E-state index contributed by atoms with van der Waals surface area (Å²) in [7, 11) is 0. The fraction of sp³-hybridized carbons (Fsp3) is 0.571. The molecule has 0 radical (unpaired) electrons. The van der Waals surface area contributed by atoms with Gasteiger partial charge in [0.25, 0.3) is 5.56 Å². The first-order chi connectivity index (χ1) is 9.67. The number of carbonyl (C=O) groups excluding carboxylic acids is 1. The van der Waals surface area contributed by atoms with Crippen molar-refractivity contribution in [1.82, 2.24) is 4.57 Å². The van der Waals surface area contributed by atoms with Crippen molar-refractivity contribution in [2.75, 3.05) is 5.32 Å². The van der Waals surface area contributed by atoms with Crippen LogP contribution in [0.15, 0.2) is 21.5 Å². The molecule has 0 aliphatic heterocycles. The molecule has 1 aliphatic carbocycles. The molecule has 0 bridgehead atoms. The van der Waals surface area contributed by atoms with Gasteiger partial charge in [0.05, 0.1) is 12.1 Å². The second-order valence-electron chi connectivity index (χ2n) is 6.12. The van der Waals surface area contributed by atoms with Crippen molar-refractivity contribution >= 4 is 27.7 Å². The zero-order valence-corrected chi connectivity index (χ0v) is 13.8. The molecule has 0 aromatic carbocycles. The van der Waals surface area contributed by atoms with Crippen LogP contribution >= 0.6 is 15.9 Å². The molecular formula is C14H19BrN2O4. The summed E-state index contributed by atoms with van der Waals surface area (Å²) in [6.45, 7) is 5.24. The van der Waals surface area contributed by atoms with Gasteiger partial charge in [-0.2, -0.15) is 0 Å². The van der Waals surface area contributed by atoms with Crippen molar-refractivity contribution in [2.45, 2.75) is 51.4 Å². The molecule has 21 heavy (non-hydrogen) atoms. The maximum absolute atomic E-state index is 12.4. The molecule has 1 unspecified atom stereocenters. The molecule has 6 nitrogen and oxygen atoms in total. The van der Waals surface area contributed by atoms with Crippen LogP contribution in [0.3, 0.4) is 0 Å². The quantitative estimate of drug-likeness (QED) is 0.851. The molecule has 1 saturated carbocycles. The van der Waals surface area contributed by atoms with Crippen LogP contribution in [0.25, 0.3) is 0 Å². The van der Waals surface area contributed by atoms with Gasteiger partial charge in [0, 0.05) is 10.7 Å². The first-order valence-corrected chi connectivity index (χ1v) is 7.56. The molecule has 1 heterocycles. The Bertz CT molecular complexity index is 606. The number of amides is 1. The van der Waals surface area contributed by atoms with E-state index >= 15 is 0 Å². The summed E-state index contributed by atoms with van der Waals surface area (Å²) >= 11 is 3.31. The van der Waals surface area contributed by atoms with Crippen molar-refractivity contribution in [2.24, 2.45) is 0 Å². The van der Waals surface area contributed by atoms with Gasteiger partial charge in [-0.25, -0.2) is 4.79 Å². The van der Waals surface area contributed by atoms with E-state index in [1.54, 1.807) is 27.0 Å². The minimum absolute atomic E-state index is 0.123. The number of nitrogens with one attached hydrogen (secondary N) is 1. The van der Waals surface area contributed by atoms with E-state index in [1.807, 2.05) is 0 Å². The zero-order valence-electron chi connectivity index (χ0n) is 12.2. The van der Waals surface area contributed by atoms with Gasteiger partial charge in [-0.3, -0.25) is 10.1 Å². The van der Waals surface area contributed by atoms with E-state index in [2.05, 4.69) is 21.2 Å². The number of hydrogen-bond donors (Lipinski definition) is 2. The number of pyridine rings is 1. The molecule has 1 aromatic rings. The van der Waals surface area contributed by atoms with Gasteiger partial charge in [0.15, 0.2) is 0 Å². The SMILES string of the molecule is CC(C)(C)OC(=O)Nc1cc(Br)cn(C2CC[C@@H]2O)c1=O. The van der Waals surface area contributed by atoms with Crippen LogP contribution < -0.4 is 10.9 Å². The lowest BCUT2D eigenvalue weighted by Crippen LogP contribution is -2.40. The van der Waals surface area contributed by atoms with E-state index in [9.17, 15) is 14.7 Å². The average molecular weight is 359 g/mol. The molecule has 2 N–H and O–H groups in total. The van der Waals surface area contributed by atoms with Gasteiger partial charge in [-0.15, -0.1) is 0 Å². The molecule has 7 heteroatoms. The molecule has 1 amide bonds. The van der Waals surface area contributed by atoms with Crippen LogP contribution in [-0.4, -0.2) is 27.5 Å². The summed E-state index contributed by atoms with van der Waals surface area (Å²) < 4.78 is 7.23. The van der Waals surface area contributed by atoms with E-state index in [1.165, 1.54) is 10.6 Å². The Kier molecular flexibility index (Phi) is 4.43. The minimum Gasteiger partial charge on any atom is -0.444 e. The number of rotatable bonds is 2. The van der Waals surface area contributed by atoms with Crippen molar-refractivity contribution < 1.29 is 14.6 Å². The Morgan fingerprint density at radius 3 is 2.62 bits per heavy atom. The van der Waals surface area contributed by atoms with Crippen LogP contribution in [-0.2, 0) is 4.74 Å². The normalized spacial score (nSPS) is 21.6. The highest BCUT2D eigenvalue weighted by molar-refractivity contribution is 9.10. The predicted octanol–water partition coefficient (Wildman–Crippen LogP) is 2.65. The summed E-state index contributed by atoms with van der Waals surface area (Å²) in [5.41, 5.74) is -0.871. The molecule has 1 aliphatic rings. The lowest BCUT2D eigenvalue weighted by atomic mass is 9.89. The third-order valence-corrected chi connectivity index (χ3v) is 3.64. The molecule has 0 saturated heterocycles. The van der Waals surface area contributed by atoms with Crippen molar-refractivity contribution in [3.05, 3.63) is 27.1 Å². The summed E-state index contributed by atoms with van der Waals surface area (Å²) in [5, 5.41) is 12.2. The van der Waals surface area contributed by atoms with Crippen molar-refractivity contribution in [3.63, 3.8) is 0 Å². The topological polar surface area (TPSA) is 80.6 Å². The highest BCUT2D eigenvalue weighted by atomic mass is 79.9.